The molecule has 1 atom stereocenters. The number of nitrogens with zero attached hydrogens (tertiary/aromatic N) is 2. The average molecular weight is 431 g/mol. The quantitative estimate of drug-likeness (QED) is 0.543. The molecule has 0 saturated heterocycles. The molecular formula is C20H22N4O3S2. The Labute approximate surface area is 174 Å². The molecule has 0 bridgehead atoms. The molecule has 1 amide bonds. The van der Waals surface area contributed by atoms with Crippen molar-refractivity contribution in [1.82, 2.24) is 14.9 Å². The van der Waals surface area contributed by atoms with Crippen molar-refractivity contribution in [3.05, 3.63) is 71.2 Å². The summed E-state index contributed by atoms with van der Waals surface area (Å²) >= 11 is 1.33. The molecule has 1 heterocycles. The molecule has 152 valence electrons. The van der Waals surface area contributed by atoms with Crippen LogP contribution in [0.2, 0.25) is 0 Å². The molecule has 29 heavy (non-hydrogen) atoms. The van der Waals surface area contributed by atoms with E-state index in [2.05, 4.69) is 39.3 Å². The van der Waals surface area contributed by atoms with E-state index in [1.165, 1.54) is 29.0 Å². The summed E-state index contributed by atoms with van der Waals surface area (Å²) in [6, 6.07) is 18.2. The lowest BCUT2D eigenvalue weighted by Crippen LogP contribution is -2.27. The molecule has 9 heteroatoms. The van der Waals surface area contributed by atoms with Crippen molar-refractivity contribution < 1.29 is 13.2 Å². The number of aromatic nitrogens is 2. The molecule has 0 spiro atoms. The van der Waals surface area contributed by atoms with E-state index in [0.717, 1.165) is 11.4 Å². The SMILES string of the molecule is CC(Cc1nnc(NC(=O)CCNS(=O)(=O)c2ccccc2)s1)c1ccccc1. The summed E-state index contributed by atoms with van der Waals surface area (Å²) in [5.41, 5.74) is 1.22. The number of hydrogen-bond acceptors (Lipinski definition) is 6. The Kier molecular flexibility index (Phi) is 7.08. The minimum absolute atomic E-state index is 0.000235. The third-order valence-corrected chi connectivity index (χ3v) is 6.60. The van der Waals surface area contributed by atoms with E-state index in [1.807, 2.05) is 18.2 Å². The van der Waals surface area contributed by atoms with Crippen LogP contribution in [0, 0.1) is 0 Å². The van der Waals surface area contributed by atoms with E-state index in [4.69, 9.17) is 0 Å². The molecule has 0 fully saturated rings. The number of sulfonamides is 1. The highest BCUT2D eigenvalue weighted by atomic mass is 32.2. The Morgan fingerprint density at radius 3 is 2.38 bits per heavy atom. The molecule has 1 aromatic heterocycles. The van der Waals surface area contributed by atoms with E-state index < -0.39 is 10.0 Å². The maximum absolute atomic E-state index is 12.1. The van der Waals surface area contributed by atoms with Crippen LogP contribution in [0.25, 0.3) is 0 Å². The molecule has 0 aliphatic heterocycles. The number of anilines is 1. The molecule has 0 aliphatic carbocycles. The minimum atomic E-state index is -3.62. The summed E-state index contributed by atoms with van der Waals surface area (Å²) in [4.78, 5) is 12.2. The highest BCUT2D eigenvalue weighted by Crippen LogP contribution is 2.24. The van der Waals surface area contributed by atoms with Gasteiger partial charge in [-0.1, -0.05) is 66.8 Å². The van der Waals surface area contributed by atoms with Gasteiger partial charge in [-0.05, 0) is 23.6 Å². The summed E-state index contributed by atoms with van der Waals surface area (Å²) in [5.74, 6) is -0.0281. The summed E-state index contributed by atoms with van der Waals surface area (Å²) in [5, 5.41) is 12.1. The fourth-order valence-electron chi connectivity index (χ4n) is 2.71. The Bertz CT molecular complexity index is 1040. The fourth-order valence-corrected chi connectivity index (χ4v) is 4.65. The van der Waals surface area contributed by atoms with Crippen LogP contribution in [0.5, 0.6) is 0 Å². The number of nitrogens with one attached hydrogen (secondary N) is 2. The summed E-state index contributed by atoms with van der Waals surface area (Å²) in [6.45, 7) is 2.12. The van der Waals surface area contributed by atoms with Crippen molar-refractivity contribution in [3.63, 3.8) is 0 Å². The van der Waals surface area contributed by atoms with Crippen molar-refractivity contribution >= 4 is 32.4 Å². The van der Waals surface area contributed by atoms with Crippen LogP contribution in [-0.2, 0) is 21.2 Å². The number of carbonyl (C=O) groups is 1. The van der Waals surface area contributed by atoms with Gasteiger partial charge in [-0.15, -0.1) is 10.2 Å². The van der Waals surface area contributed by atoms with Gasteiger partial charge in [0.15, 0.2) is 0 Å². The highest BCUT2D eigenvalue weighted by Gasteiger charge is 2.15. The maximum atomic E-state index is 12.1. The number of carbonyl (C=O) groups excluding carboxylic acids is 1. The first kappa shape index (κ1) is 21.1. The van der Waals surface area contributed by atoms with Crippen LogP contribution in [0.15, 0.2) is 65.6 Å². The molecule has 1 unspecified atom stereocenters. The molecule has 2 aromatic carbocycles. The van der Waals surface area contributed by atoms with Gasteiger partial charge >= 0.3 is 0 Å². The van der Waals surface area contributed by atoms with Gasteiger partial charge in [0.1, 0.15) is 5.01 Å². The largest absolute Gasteiger partial charge is 0.300 e. The molecular weight excluding hydrogens is 408 g/mol. The van der Waals surface area contributed by atoms with Crippen molar-refractivity contribution in [2.45, 2.75) is 30.6 Å². The topological polar surface area (TPSA) is 101 Å². The second-order valence-electron chi connectivity index (χ2n) is 6.53. The van der Waals surface area contributed by atoms with Gasteiger partial charge in [-0.3, -0.25) is 4.79 Å². The fraction of sp³-hybridized carbons (Fsp3) is 0.250. The standard InChI is InChI=1S/C20H22N4O3S2/c1-15(16-8-4-2-5-9-16)14-19-23-24-20(28-19)22-18(25)12-13-21-29(26,27)17-10-6-3-7-11-17/h2-11,15,21H,12-14H2,1H3,(H,22,24,25). The van der Waals surface area contributed by atoms with Gasteiger partial charge in [-0.25, -0.2) is 13.1 Å². The second-order valence-corrected chi connectivity index (χ2v) is 9.35. The lowest BCUT2D eigenvalue weighted by molar-refractivity contribution is -0.116. The first-order chi connectivity index (χ1) is 13.9. The van der Waals surface area contributed by atoms with Crippen molar-refractivity contribution in [1.29, 1.82) is 0 Å². The van der Waals surface area contributed by atoms with E-state index in [1.54, 1.807) is 18.2 Å². The third kappa shape index (κ3) is 6.18. The van der Waals surface area contributed by atoms with E-state index >= 15 is 0 Å². The zero-order valence-electron chi connectivity index (χ0n) is 15.9. The van der Waals surface area contributed by atoms with Crippen LogP contribution in [-0.4, -0.2) is 31.1 Å². The molecule has 7 nitrogen and oxygen atoms in total. The predicted octanol–water partition coefficient (Wildman–Crippen LogP) is 3.19. The number of hydrogen-bond donors (Lipinski definition) is 2. The zero-order valence-corrected chi connectivity index (χ0v) is 17.5. The zero-order chi connectivity index (χ0) is 20.7. The van der Waals surface area contributed by atoms with Gasteiger partial charge in [0.05, 0.1) is 4.90 Å². The third-order valence-electron chi connectivity index (χ3n) is 4.26. The Morgan fingerprint density at radius 2 is 1.69 bits per heavy atom. The van der Waals surface area contributed by atoms with Gasteiger partial charge in [0, 0.05) is 19.4 Å². The smallest absolute Gasteiger partial charge is 0.240 e. The van der Waals surface area contributed by atoms with Crippen molar-refractivity contribution in [2.75, 3.05) is 11.9 Å². The van der Waals surface area contributed by atoms with E-state index in [9.17, 15) is 13.2 Å². The summed E-state index contributed by atoms with van der Waals surface area (Å²) in [6.07, 6.45) is 0.732. The number of amides is 1. The van der Waals surface area contributed by atoms with Crippen LogP contribution in [0.4, 0.5) is 5.13 Å². The van der Waals surface area contributed by atoms with Crippen LogP contribution in [0.3, 0.4) is 0 Å². The van der Waals surface area contributed by atoms with Gasteiger partial charge in [0.2, 0.25) is 21.1 Å². The van der Waals surface area contributed by atoms with Gasteiger partial charge in [0.25, 0.3) is 0 Å². The highest BCUT2D eigenvalue weighted by molar-refractivity contribution is 7.89. The Morgan fingerprint density at radius 1 is 1.03 bits per heavy atom. The Hall–Kier alpha value is -2.62. The average Bonchev–Trinajstić information content (AvgIpc) is 3.15. The number of rotatable bonds is 9. The molecule has 3 rings (SSSR count). The van der Waals surface area contributed by atoms with E-state index in [0.29, 0.717) is 11.0 Å². The molecule has 2 N–H and O–H groups in total. The molecule has 0 aliphatic rings. The lowest BCUT2D eigenvalue weighted by Gasteiger charge is -2.08. The molecule has 3 aromatic rings. The predicted molar refractivity (Wildman–Crippen MR) is 113 cm³/mol. The van der Waals surface area contributed by atoms with Crippen LogP contribution < -0.4 is 10.0 Å². The normalized spacial score (nSPS) is 12.4. The first-order valence-electron chi connectivity index (χ1n) is 9.16. The van der Waals surface area contributed by atoms with E-state index in [-0.39, 0.29) is 23.8 Å². The summed E-state index contributed by atoms with van der Waals surface area (Å²) in [7, 11) is -3.62. The first-order valence-corrected chi connectivity index (χ1v) is 11.5. The van der Waals surface area contributed by atoms with Gasteiger partial charge < -0.3 is 5.32 Å². The minimum Gasteiger partial charge on any atom is -0.300 e. The Balaban J connectivity index is 1.47. The van der Waals surface area contributed by atoms with Crippen LogP contribution >= 0.6 is 11.3 Å². The second kappa shape index (κ2) is 9.73. The molecule has 0 saturated carbocycles. The maximum Gasteiger partial charge on any atom is 0.240 e. The van der Waals surface area contributed by atoms with Crippen LogP contribution in [0.1, 0.15) is 29.8 Å². The van der Waals surface area contributed by atoms with Crippen molar-refractivity contribution in [3.8, 4) is 0 Å². The monoisotopic (exact) mass is 430 g/mol. The number of benzene rings is 2. The van der Waals surface area contributed by atoms with Gasteiger partial charge in [-0.2, -0.15) is 0 Å². The lowest BCUT2D eigenvalue weighted by atomic mass is 9.98. The molecule has 0 radical (unpaired) electrons. The summed E-state index contributed by atoms with van der Waals surface area (Å²) < 4.78 is 26.7. The van der Waals surface area contributed by atoms with Crippen molar-refractivity contribution in [2.24, 2.45) is 0 Å².